The minimum absolute atomic E-state index is 0.00330. The van der Waals surface area contributed by atoms with E-state index >= 15 is 0 Å². The number of hydrogen-bond donors (Lipinski definition) is 0. The van der Waals surface area contributed by atoms with E-state index in [-0.39, 0.29) is 124 Å². The lowest BCUT2D eigenvalue weighted by Crippen LogP contribution is -2.48. The molecular weight excluding hydrogens is 1690 g/mol. The predicted molar refractivity (Wildman–Crippen MR) is 488 cm³/mol. The third-order valence-corrected chi connectivity index (χ3v) is 21.3. The molecule has 0 saturated carbocycles. The van der Waals surface area contributed by atoms with Crippen LogP contribution in [0, 0.1) is 40.3 Å². The van der Waals surface area contributed by atoms with Gasteiger partial charge in [0.15, 0.2) is 37.7 Å². The Morgan fingerprint density at radius 2 is 0.538 bits per heavy atom. The van der Waals surface area contributed by atoms with Crippen molar-refractivity contribution >= 4 is 75.5 Å². The van der Waals surface area contributed by atoms with Gasteiger partial charge in [-0.3, -0.25) is 0 Å². The normalized spacial score (nSPS) is 18.4. The summed E-state index contributed by atoms with van der Waals surface area (Å²) in [5.41, 5.74) is 9.29. The monoisotopic (exact) mass is 1820 g/mol. The van der Waals surface area contributed by atoms with Crippen LogP contribution in [0.2, 0.25) is 0 Å². The zero-order valence-corrected chi connectivity index (χ0v) is 78.8. The Labute approximate surface area is 767 Å². The summed E-state index contributed by atoms with van der Waals surface area (Å²) in [7, 11) is -2.87. The molecule has 7 aromatic rings. The fraction of sp³-hybridized carbons (Fsp3) is 0.553. The molecule has 6 aliphatic rings. The summed E-state index contributed by atoms with van der Waals surface area (Å²) in [5, 5.41) is 0. The van der Waals surface area contributed by atoms with Crippen molar-refractivity contribution in [1.82, 2.24) is 0 Å². The summed E-state index contributed by atoms with van der Waals surface area (Å²) in [5.74, 6) is -1.83. The van der Waals surface area contributed by atoms with E-state index in [0.717, 1.165) is 79.9 Å². The average Bonchev–Trinajstić information content (AvgIpc) is 1.62. The van der Waals surface area contributed by atoms with Gasteiger partial charge in [-0.05, 0) is 275 Å². The summed E-state index contributed by atoms with van der Waals surface area (Å²) in [6.07, 6.45) is 0.664. The van der Waals surface area contributed by atoms with Gasteiger partial charge >= 0.3 is 42.7 Å². The molecule has 0 spiro atoms. The van der Waals surface area contributed by atoms with E-state index < -0.39 is 53.9 Å². The molecule has 13 rings (SSSR count). The highest BCUT2D eigenvalue weighted by molar-refractivity contribution is 6.64. The van der Waals surface area contributed by atoms with Crippen molar-refractivity contribution in [3.05, 3.63) is 213 Å². The van der Waals surface area contributed by atoms with E-state index in [9.17, 15) is 26.3 Å². The first kappa shape index (κ1) is 109. The molecule has 130 heavy (non-hydrogen) atoms. The van der Waals surface area contributed by atoms with E-state index in [1.807, 2.05) is 141 Å². The molecule has 6 fully saturated rings. The second kappa shape index (κ2) is 56.8. The Balaban J connectivity index is 0.000000193. The molecule has 0 radical (unpaired) electrons. The number of benzene rings is 7. The zero-order chi connectivity index (χ0) is 94.2. The van der Waals surface area contributed by atoms with Gasteiger partial charge in [0.2, 0.25) is 0 Å². The molecule has 0 aliphatic carbocycles. The van der Waals surface area contributed by atoms with Crippen molar-refractivity contribution in [2.45, 2.75) is 239 Å². The molecule has 0 N–H and O–H groups in total. The summed E-state index contributed by atoms with van der Waals surface area (Å²) in [6.45, 7) is 44.7. The van der Waals surface area contributed by atoms with Crippen molar-refractivity contribution < 1.29 is 139 Å². The van der Waals surface area contributed by atoms with Crippen molar-refractivity contribution in [3.8, 4) is 0 Å². The molecule has 6 heterocycles. The summed E-state index contributed by atoms with van der Waals surface area (Å²) >= 11 is 0. The van der Waals surface area contributed by atoms with Crippen molar-refractivity contribution in [2.75, 3.05) is 99.1 Å². The van der Waals surface area contributed by atoms with Crippen LogP contribution >= 0.6 is 0 Å². The Morgan fingerprint density at radius 1 is 0.292 bits per heavy atom. The minimum atomic E-state index is -0.540. The second-order valence-electron chi connectivity index (χ2n) is 32.8. The lowest BCUT2D eigenvalue weighted by Gasteiger charge is -2.33. The molecule has 6 saturated heterocycles. The molecular formula is C94H132B6F6O24. The van der Waals surface area contributed by atoms with E-state index in [1.54, 1.807) is 36.4 Å². The molecule has 0 bridgehead atoms. The second-order valence-corrected chi connectivity index (χ2v) is 32.8. The Kier molecular flexibility index (Phi) is 47.6. The molecule has 7 aromatic carbocycles. The van der Waals surface area contributed by atoms with Crippen molar-refractivity contribution in [1.29, 1.82) is 0 Å². The maximum atomic E-state index is 13.7. The zero-order valence-electron chi connectivity index (χ0n) is 78.8. The first-order valence-electron chi connectivity index (χ1n) is 45.0. The molecule has 6 aliphatic heterocycles. The highest BCUT2D eigenvalue weighted by atomic mass is 19.1. The summed E-state index contributed by atoms with van der Waals surface area (Å²) in [4.78, 5) is 0. The third-order valence-electron chi connectivity index (χ3n) is 21.3. The molecule has 7 unspecified atom stereocenters. The first-order chi connectivity index (χ1) is 62.3. The average molecular weight is 1820 g/mol. The standard InChI is InChI=1S/C19H22BFO4.C17H26BFO4.C16H24BFO4.C15H22BFO4.C14H20BFO4.C13H18BFO4/c1-3-22-14(2)23-12-16-11-17(21)9-10-18(16)20-24-13-19(25-20)15-7-5-4-6-8-15;1-7-20-12(2)21-11-13-10-14(19)8-9-15(13)18-22-16(3,4)17(5,6)23-18;1-5-19-12(2)20-9-13-8-14(18)6-7-15(13)17-21-10-16(3,4)11-22-17;1-3-18-12(2)19-11-13-10-14(17)6-7-15(13)16-20-8-4-5-9-21-16;1-3-17-11(2)18-10-12-9-13(16)5-6-14(12)15-19-7-4-8-20-15;1-3-16-10(2)17-9-11-8-12(15)4-5-13(11)14-18-6-7-19-14/h4-11,14,19H,3,12-13H2,1-2H3;8-10,12H,7,11H2,1-6H3;6-8,12H,5,9-11H2,1-4H3;6-7,10,12H,3-5,8-9,11H2,1-2H3;5-6,9,11H,3-4,7-8,10H2,1-2H3;4-5,8,10H,3,6-7,9H2,1-2H3. The SMILES string of the molecule is CCOC(C)OCc1cc(F)ccc1B1OC(C)(C)C(C)(C)O1.CCOC(C)OCc1cc(F)ccc1B1OCC(C)(C)CO1.CCOC(C)OCc1cc(F)ccc1B1OCC(c2ccccc2)O1.CCOC(C)OCc1cc(F)ccc1B1OCCCCO1.CCOC(C)OCc1cc(F)ccc1B1OCCCO1.CCOC(C)OCc1cc(F)ccc1B1OCCO1. The quantitative estimate of drug-likeness (QED) is 0.0201. The molecule has 7 atom stereocenters. The minimum Gasteiger partial charge on any atom is -0.407 e. The summed E-state index contributed by atoms with van der Waals surface area (Å²) < 4.78 is 215. The Morgan fingerprint density at radius 3 is 0.815 bits per heavy atom. The van der Waals surface area contributed by atoms with Gasteiger partial charge in [-0.2, -0.15) is 0 Å². The van der Waals surface area contributed by atoms with Crippen LogP contribution < -0.4 is 32.8 Å². The van der Waals surface area contributed by atoms with Crippen LogP contribution in [0.1, 0.15) is 189 Å². The van der Waals surface area contributed by atoms with E-state index in [4.69, 9.17) is 113 Å². The van der Waals surface area contributed by atoms with E-state index in [1.165, 1.54) is 72.8 Å². The van der Waals surface area contributed by atoms with Crippen molar-refractivity contribution in [2.24, 2.45) is 5.41 Å². The molecule has 0 amide bonds. The largest absolute Gasteiger partial charge is 0.495 e. The van der Waals surface area contributed by atoms with Crippen LogP contribution in [0.15, 0.2) is 140 Å². The smallest absolute Gasteiger partial charge is 0.407 e. The number of hydrogen-bond acceptors (Lipinski definition) is 24. The summed E-state index contributed by atoms with van der Waals surface area (Å²) in [6, 6.07) is 37.3. The van der Waals surface area contributed by atoms with Crippen LogP contribution in [0.3, 0.4) is 0 Å². The number of ether oxygens (including phenoxy) is 12. The fourth-order valence-electron chi connectivity index (χ4n) is 13.8. The van der Waals surface area contributed by atoms with Gasteiger partial charge in [0.1, 0.15) is 34.9 Å². The van der Waals surface area contributed by atoms with Gasteiger partial charge in [-0.25, -0.2) is 26.3 Å². The van der Waals surface area contributed by atoms with Gasteiger partial charge in [0.25, 0.3) is 0 Å². The Bertz CT molecular complexity index is 4370. The molecule has 0 aromatic heterocycles. The highest BCUT2D eigenvalue weighted by Crippen LogP contribution is 2.37. The van der Waals surface area contributed by atoms with Gasteiger partial charge in [-0.15, -0.1) is 0 Å². The topological polar surface area (TPSA) is 222 Å². The maximum absolute atomic E-state index is 13.7. The van der Waals surface area contributed by atoms with Crippen LogP contribution in [0.5, 0.6) is 0 Å². The number of rotatable bonds is 37. The van der Waals surface area contributed by atoms with Crippen LogP contribution in [-0.4, -0.2) is 191 Å². The Hall–Kier alpha value is -6.45. The molecule has 712 valence electrons. The van der Waals surface area contributed by atoms with E-state index in [2.05, 4.69) is 13.8 Å². The molecule has 24 nitrogen and oxygen atoms in total. The molecule has 36 heteroatoms. The van der Waals surface area contributed by atoms with Crippen LogP contribution in [0.25, 0.3) is 0 Å². The van der Waals surface area contributed by atoms with Crippen molar-refractivity contribution in [3.63, 3.8) is 0 Å². The van der Waals surface area contributed by atoms with E-state index in [0.29, 0.717) is 110 Å². The number of halogens is 6. The third kappa shape index (κ3) is 36.6. The van der Waals surface area contributed by atoms with Gasteiger partial charge in [0.05, 0.1) is 76.8 Å². The highest BCUT2D eigenvalue weighted by Gasteiger charge is 2.52. The maximum Gasteiger partial charge on any atom is 0.495 e. The first-order valence-corrected chi connectivity index (χ1v) is 45.0. The predicted octanol–water partition coefficient (Wildman–Crippen LogP) is 14.3. The van der Waals surface area contributed by atoms with Gasteiger partial charge < -0.3 is 113 Å². The van der Waals surface area contributed by atoms with Crippen LogP contribution in [0.4, 0.5) is 26.3 Å². The lowest BCUT2D eigenvalue weighted by molar-refractivity contribution is -0.134. The lowest BCUT2D eigenvalue weighted by atomic mass is 9.73. The van der Waals surface area contributed by atoms with Crippen LogP contribution in [-0.2, 0) is 152 Å². The van der Waals surface area contributed by atoms with Gasteiger partial charge in [-0.1, -0.05) is 80.6 Å². The fourth-order valence-corrected chi connectivity index (χ4v) is 13.8. The van der Waals surface area contributed by atoms with Gasteiger partial charge in [0, 0.05) is 84.7 Å².